The minimum atomic E-state index is -0.0259. The number of piperidine rings is 1. The van der Waals surface area contributed by atoms with Crippen molar-refractivity contribution >= 4 is 17.6 Å². The number of benzene rings is 1. The molecule has 0 spiro atoms. The molecule has 122 valence electrons. The Morgan fingerprint density at radius 3 is 3.09 bits per heavy atom. The van der Waals surface area contributed by atoms with E-state index in [1.807, 2.05) is 41.7 Å². The number of carbonyl (C=O) groups excluding carboxylic acids is 1. The van der Waals surface area contributed by atoms with Crippen LogP contribution in [0.4, 0.5) is 4.79 Å². The Hall–Kier alpha value is -2.01. The Balaban J connectivity index is 1.59. The normalized spacial score (nSPS) is 21.2. The largest absolute Gasteiger partial charge is 0.334 e. The average Bonchev–Trinajstić information content (AvgIpc) is 3.07. The summed E-state index contributed by atoms with van der Waals surface area (Å²) in [6.45, 7) is 4.21. The first-order valence-electron chi connectivity index (χ1n) is 7.88. The van der Waals surface area contributed by atoms with Crippen molar-refractivity contribution in [2.45, 2.75) is 25.9 Å². The first-order valence-corrected chi connectivity index (χ1v) is 8.26. The highest BCUT2D eigenvalue weighted by Crippen LogP contribution is 2.27. The second-order valence-electron chi connectivity index (χ2n) is 6.08. The highest BCUT2D eigenvalue weighted by Gasteiger charge is 2.29. The summed E-state index contributed by atoms with van der Waals surface area (Å²) in [6.07, 6.45) is 6.57. The molecule has 0 radical (unpaired) electrons. The van der Waals surface area contributed by atoms with E-state index in [1.165, 1.54) is 0 Å². The van der Waals surface area contributed by atoms with E-state index in [4.69, 9.17) is 11.6 Å². The van der Waals surface area contributed by atoms with Crippen LogP contribution in [0.15, 0.2) is 43.0 Å². The SMILES string of the molecule is CC1CCN(C(=O)NCc2cccc(Cl)c2)CC1n1ccnc1. The van der Waals surface area contributed by atoms with Crippen molar-refractivity contribution in [2.24, 2.45) is 5.92 Å². The van der Waals surface area contributed by atoms with E-state index in [0.29, 0.717) is 24.0 Å². The zero-order chi connectivity index (χ0) is 16.2. The van der Waals surface area contributed by atoms with Crippen molar-refractivity contribution in [1.29, 1.82) is 0 Å². The fourth-order valence-corrected chi connectivity index (χ4v) is 3.24. The summed E-state index contributed by atoms with van der Waals surface area (Å²) in [5.74, 6) is 0.529. The van der Waals surface area contributed by atoms with Gasteiger partial charge in [-0.1, -0.05) is 30.7 Å². The summed E-state index contributed by atoms with van der Waals surface area (Å²) >= 11 is 5.97. The predicted octanol–water partition coefficient (Wildman–Crippen LogP) is 3.33. The van der Waals surface area contributed by atoms with E-state index in [-0.39, 0.29) is 12.1 Å². The van der Waals surface area contributed by atoms with Gasteiger partial charge in [0.25, 0.3) is 0 Å². The molecule has 2 unspecified atom stereocenters. The van der Waals surface area contributed by atoms with Gasteiger partial charge in [0.2, 0.25) is 0 Å². The molecule has 0 aliphatic carbocycles. The van der Waals surface area contributed by atoms with E-state index >= 15 is 0 Å². The van der Waals surface area contributed by atoms with E-state index in [0.717, 1.165) is 18.5 Å². The molecule has 1 aliphatic rings. The smallest absolute Gasteiger partial charge is 0.317 e. The van der Waals surface area contributed by atoms with Gasteiger partial charge in [0, 0.05) is 37.1 Å². The maximum atomic E-state index is 12.4. The van der Waals surface area contributed by atoms with Crippen LogP contribution in [-0.2, 0) is 6.54 Å². The molecule has 0 saturated carbocycles. The number of aromatic nitrogens is 2. The van der Waals surface area contributed by atoms with Crippen LogP contribution in [0.3, 0.4) is 0 Å². The molecule has 6 heteroatoms. The minimum Gasteiger partial charge on any atom is -0.334 e. The lowest BCUT2D eigenvalue weighted by Crippen LogP contribution is -2.47. The minimum absolute atomic E-state index is 0.0259. The average molecular weight is 333 g/mol. The van der Waals surface area contributed by atoms with Gasteiger partial charge in [-0.05, 0) is 30.0 Å². The van der Waals surface area contributed by atoms with Gasteiger partial charge in [-0.25, -0.2) is 9.78 Å². The molecule has 1 aromatic carbocycles. The zero-order valence-corrected chi connectivity index (χ0v) is 13.9. The van der Waals surface area contributed by atoms with Gasteiger partial charge in [0.15, 0.2) is 0 Å². The van der Waals surface area contributed by atoms with E-state index in [2.05, 4.69) is 21.8 Å². The molecule has 2 atom stereocenters. The lowest BCUT2D eigenvalue weighted by Gasteiger charge is -2.37. The Morgan fingerprint density at radius 2 is 2.35 bits per heavy atom. The summed E-state index contributed by atoms with van der Waals surface area (Å²) in [7, 11) is 0. The molecule has 2 heterocycles. The van der Waals surface area contributed by atoms with Crippen LogP contribution in [0.1, 0.15) is 24.9 Å². The molecule has 3 rings (SSSR count). The molecular weight excluding hydrogens is 312 g/mol. The zero-order valence-electron chi connectivity index (χ0n) is 13.2. The third-order valence-electron chi connectivity index (χ3n) is 4.45. The monoisotopic (exact) mass is 332 g/mol. The molecule has 1 saturated heterocycles. The van der Waals surface area contributed by atoms with Crippen LogP contribution in [0.25, 0.3) is 0 Å². The van der Waals surface area contributed by atoms with Crippen LogP contribution < -0.4 is 5.32 Å². The van der Waals surface area contributed by atoms with Gasteiger partial charge in [-0.3, -0.25) is 0 Å². The molecule has 0 bridgehead atoms. The first kappa shape index (κ1) is 15.9. The van der Waals surface area contributed by atoms with Gasteiger partial charge in [-0.2, -0.15) is 0 Å². The van der Waals surface area contributed by atoms with Gasteiger partial charge in [-0.15, -0.1) is 0 Å². The maximum Gasteiger partial charge on any atom is 0.317 e. The number of amides is 2. The Labute approximate surface area is 141 Å². The van der Waals surface area contributed by atoms with E-state index in [1.54, 1.807) is 6.20 Å². The lowest BCUT2D eigenvalue weighted by atomic mass is 9.93. The second kappa shape index (κ2) is 7.04. The van der Waals surface area contributed by atoms with Crippen molar-refractivity contribution in [1.82, 2.24) is 19.8 Å². The highest BCUT2D eigenvalue weighted by atomic mass is 35.5. The number of hydrogen-bond acceptors (Lipinski definition) is 2. The van der Waals surface area contributed by atoms with E-state index in [9.17, 15) is 4.79 Å². The number of rotatable bonds is 3. The molecule has 1 N–H and O–H groups in total. The third-order valence-corrected chi connectivity index (χ3v) is 4.68. The number of nitrogens with one attached hydrogen (secondary N) is 1. The summed E-state index contributed by atoms with van der Waals surface area (Å²) in [5, 5.41) is 3.66. The van der Waals surface area contributed by atoms with Crippen molar-refractivity contribution in [3.8, 4) is 0 Å². The molecule has 5 nitrogen and oxygen atoms in total. The number of likely N-dealkylation sites (tertiary alicyclic amines) is 1. The van der Waals surface area contributed by atoms with Gasteiger partial charge >= 0.3 is 6.03 Å². The third kappa shape index (κ3) is 3.85. The molecular formula is C17H21ClN4O. The second-order valence-corrected chi connectivity index (χ2v) is 6.51. The van der Waals surface area contributed by atoms with Crippen LogP contribution in [-0.4, -0.2) is 33.6 Å². The summed E-state index contributed by atoms with van der Waals surface area (Å²) in [6, 6.07) is 7.80. The number of imidazole rings is 1. The maximum absolute atomic E-state index is 12.4. The van der Waals surface area contributed by atoms with Crippen molar-refractivity contribution in [3.63, 3.8) is 0 Å². The summed E-state index contributed by atoms with van der Waals surface area (Å²) < 4.78 is 2.10. The van der Waals surface area contributed by atoms with Crippen LogP contribution >= 0.6 is 11.6 Å². The Kier molecular flexibility index (Phi) is 4.86. The van der Waals surface area contributed by atoms with Gasteiger partial charge in [0.1, 0.15) is 0 Å². The molecule has 2 aromatic rings. The summed E-state index contributed by atoms with van der Waals surface area (Å²) in [4.78, 5) is 18.4. The predicted molar refractivity (Wildman–Crippen MR) is 90.3 cm³/mol. The lowest BCUT2D eigenvalue weighted by molar-refractivity contribution is 0.140. The van der Waals surface area contributed by atoms with Crippen molar-refractivity contribution in [2.75, 3.05) is 13.1 Å². The highest BCUT2D eigenvalue weighted by molar-refractivity contribution is 6.30. The molecule has 1 aliphatic heterocycles. The van der Waals surface area contributed by atoms with E-state index < -0.39 is 0 Å². The van der Waals surface area contributed by atoms with Crippen molar-refractivity contribution in [3.05, 3.63) is 53.6 Å². The Morgan fingerprint density at radius 1 is 1.48 bits per heavy atom. The molecule has 2 amide bonds. The molecule has 23 heavy (non-hydrogen) atoms. The number of halogens is 1. The van der Waals surface area contributed by atoms with Gasteiger partial charge < -0.3 is 14.8 Å². The van der Waals surface area contributed by atoms with Crippen LogP contribution in [0.5, 0.6) is 0 Å². The first-order chi connectivity index (χ1) is 11.1. The number of urea groups is 1. The number of nitrogens with zero attached hydrogens (tertiary/aromatic N) is 3. The molecule has 1 fully saturated rings. The van der Waals surface area contributed by atoms with Crippen molar-refractivity contribution < 1.29 is 4.79 Å². The topological polar surface area (TPSA) is 50.2 Å². The fourth-order valence-electron chi connectivity index (χ4n) is 3.02. The quantitative estimate of drug-likeness (QED) is 0.937. The standard InChI is InChI=1S/C17H21ClN4O/c1-13-5-7-21(11-16(13)22-8-6-19-12-22)17(23)20-10-14-3-2-4-15(18)9-14/h2-4,6,8-9,12-13,16H,5,7,10-11H2,1H3,(H,20,23). The summed E-state index contributed by atoms with van der Waals surface area (Å²) in [5.41, 5.74) is 1.00. The number of carbonyl (C=O) groups is 1. The fraction of sp³-hybridized carbons (Fsp3) is 0.412. The number of hydrogen-bond donors (Lipinski definition) is 1. The Bertz CT molecular complexity index is 658. The van der Waals surface area contributed by atoms with Crippen LogP contribution in [0.2, 0.25) is 5.02 Å². The van der Waals surface area contributed by atoms with Crippen LogP contribution in [0, 0.1) is 5.92 Å². The van der Waals surface area contributed by atoms with Gasteiger partial charge in [0.05, 0.1) is 12.4 Å². The molecule has 1 aromatic heterocycles.